The summed E-state index contributed by atoms with van der Waals surface area (Å²) in [6.07, 6.45) is 0.120. The van der Waals surface area contributed by atoms with Gasteiger partial charge in [-0.25, -0.2) is 4.79 Å². The van der Waals surface area contributed by atoms with Gasteiger partial charge in [0.2, 0.25) is 0 Å². The third-order valence-corrected chi connectivity index (χ3v) is 2.97. The minimum absolute atomic E-state index is 0.00611. The third-order valence-electron chi connectivity index (χ3n) is 2.97. The lowest BCUT2D eigenvalue weighted by atomic mass is 10.1. The van der Waals surface area contributed by atoms with Gasteiger partial charge in [0, 0.05) is 11.6 Å². The van der Waals surface area contributed by atoms with Crippen LogP contribution < -0.4 is 4.74 Å². The Bertz CT molecular complexity index is 627. The Morgan fingerprint density at radius 3 is 2.24 bits per heavy atom. The average Bonchev–Trinajstić information content (AvgIpc) is 2.84. The molecular formula is C16H20N2O3. The number of benzene rings is 1. The van der Waals surface area contributed by atoms with Crippen molar-refractivity contribution in [3.05, 3.63) is 36.0 Å². The molecule has 0 bridgehead atoms. The van der Waals surface area contributed by atoms with Crippen LogP contribution in [-0.2, 0) is 0 Å². The van der Waals surface area contributed by atoms with Crippen LogP contribution in [0.15, 0.2) is 30.3 Å². The number of hydrogen-bond acceptors (Lipinski definition) is 3. The lowest BCUT2D eigenvalue weighted by Gasteiger charge is -2.09. The topological polar surface area (TPSA) is 64.3 Å². The van der Waals surface area contributed by atoms with Crippen molar-refractivity contribution in [2.24, 2.45) is 0 Å². The number of hydrogen-bond donors (Lipinski definition) is 1. The lowest BCUT2D eigenvalue weighted by Crippen LogP contribution is -2.11. The molecule has 0 aliphatic heterocycles. The minimum Gasteiger partial charge on any atom is -0.491 e. The SMILES string of the molecule is CC(C)Oc1ccc(-c2cc(C(=O)O)n(C(C)C)n2)cc1. The maximum atomic E-state index is 11.3. The molecule has 0 aliphatic carbocycles. The van der Waals surface area contributed by atoms with E-state index in [1.807, 2.05) is 52.0 Å². The summed E-state index contributed by atoms with van der Waals surface area (Å²) in [5, 5.41) is 13.6. The largest absolute Gasteiger partial charge is 0.491 e. The molecule has 0 unspecified atom stereocenters. The van der Waals surface area contributed by atoms with Crippen molar-refractivity contribution in [2.75, 3.05) is 0 Å². The third kappa shape index (κ3) is 3.42. The van der Waals surface area contributed by atoms with E-state index < -0.39 is 5.97 Å². The molecule has 5 heteroatoms. The number of nitrogens with zero attached hydrogens (tertiary/aromatic N) is 2. The van der Waals surface area contributed by atoms with Crippen LogP contribution in [0.3, 0.4) is 0 Å². The molecule has 0 amide bonds. The normalized spacial score (nSPS) is 11.1. The van der Waals surface area contributed by atoms with Gasteiger partial charge in [-0.15, -0.1) is 0 Å². The zero-order valence-corrected chi connectivity index (χ0v) is 12.7. The zero-order valence-electron chi connectivity index (χ0n) is 12.7. The first-order valence-electron chi connectivity index (χ1n) is 6.98. The lowest BCUT2D eigenvalue weighted by molar-refractivity contribution is 0.0681. The van der Waals surface area contributed by atoms with Gasteiger partial charge >= 0.3 is 5.97 Å². The minimum atomic E-state index is -0.970. The van der Waals surface area contributed by atoms with Gasteiger partial charge in [-0.3, -0.25) is 4.68 Å². The summed E-state index contributed by atoms with van der Waals surface area (Å²) < 4.78 is 7.11. The van der Waals surface area contributed by atoms with Crippen molar-refractivity contribution in [1.82, 2.24) is 9.78 Å². The monoisotopic (exact) mass is 288 g/mol. The van der Waals surface area contributed by atoms with Crippen LogP contribution in [0, 0.1) is 0 Å². The number of aromatic carboxylic acids is 1. The zero-order chi connectivity index (χ0) is 15.6. The van der Waals surface area contributed by atoms with Gasteiger partial charge in [0.25, 0.3) is 0 Å². The van der Waals surface area contributed by atoms with E-state index in [0.717, 1.165) is 11.3 Å². The second-order valence-corrected chi connectivity index (χ2v) is 5.45. The Hall–Kier alpha value is -2.30. The molecule has 21 heavy (non-hydrogen) atoms. The summed E-state index contributed by atoms with van der Waals surface area (Å²) in [4.78, 5) is 11.3. The summed E-state index contributed by atoms with van der Waals surface area (Å²) in [5.41, 5.74) is 1.72. The Labute approximate surface area is 124 Å². The van der Waals surface area contributed by atoms with Crippen molar-refractivity contribution in [2.45, 2.75) is 39.8 Å². The second kappa shape index (κ2) is 5.99. The number of carboxylic acids is 1. The number of carboxylic acid groups (broad SMARTS) is 1. The molecule has 0 spiro atoms. The fourth-order valence-electron chi connectivity index (χ4n) is 2.07. The first kappa shape index (κ1) is 15.1. The van der Waals surface area contributed by atoms with Crippen molar-refractivity contribution < 1.29 is 14.6 Å². The van der Waals surface area contributed by atoms with Crippen molar-refractivity contribution in [3.63, 3.8) is 0 Å². The van der Waals surface area contributed by atoms with Crippen LogP contribution in [0.1, 0.15) is 44.2 Å². The summed E-state index contributed by atoms with van der Waals surface area (Å²) in [6, 6.07) is 9.09. The molecule has 1 aromatic carbocycles. The van der Waals surface area contributed by atoms with Gasteiger partial charge in [0.05, 0.1) is 11.8 Å². The Morgan fingerprint density at radius 1 is 1.19 bits per heavy atom. The van der Waals surface area contributed by atoms with Gasteiger partial charge in [-0.1, -0.05) is 0 Å². The van der Waals surface area contributed by atoms with E-state index in [-0.39, 0.29) is 17.8 Å². The average molecular weight is 288 g/mol. The molecule has 1 heterocycles. The van der Waals surface area contributed by atoms with Crippen molar-refractivity contribution in [3.8, 4) is 17.0 Å². The molecule has 0 aliphatic rings. The quantitative estimate of drug-likeness (QED) is 0.912. The van der Waals surface area contributed by atoms with Gasteiger partial charge < -0.3 is 9.84 Å². The highest BCUT2D eigenvalue weighted by atomic mass is 16.5. The molecule has 2 rings (SSSR count). The Morgan fingerprint density at radius 2 is 1.81 bits per heavy atom. The number of aromatic nitrogens is 2. The molecule has 112 valence electrons. The predicted octanol–water partition coefficient (Wildman–Crippen LogP) is 3.62. The molecular weight excluding hydrogens is 268 g/mol. The van der Waals surface area contributed by atoms with E-state index in [4.69, 9.17) is 4.74 Å². The molecule has 0 atom stereocenters. The standard InChI is InChI=1S/C16H20N2O3/c1-10(2)18-15(16(19)20)9-14(17-18)12-5-7-13(8-6-12)21-11(3)4/h5-11H,1-4H3,(H,19,20). The fraction of sp³-hybridized carbons (Fsp3) is 0.375. The number of carbonyl (C=O) groups is 1. The van der Waals surface area contributed by atoms with Crippen molar-refractivity contribution >= 4 is 5.97 Å². The van der Waals surface area contributed by atoms with E-state index in [1.54, 1.807) is 6.07 Å². The van der Waals surface area contributed by atoms with Crippen LogP contribution in [0.4, 0.5) is 0 Å². The van der Waals surface area contributed by atoms with E-state index in [9.17, 15) is 9.90 Å². The molecule has 0 radical (unpaired) electrons. The number of rotatable bonds is 5. The van der Waals surface area contributed by atoms with Gasteiger partial charge in [-0.05, 0) is 58.0 Å². The van der Waals surface area contributed by atoms with Crippen LogP contribution in [0.5, 0.6) is 5.75 Å². The highest BCUT2D eigenvalue weighted by molar-refractivity contribution is 5.87. The predicted molar refractivity (Wildman–Crippen MR) is 80.8 cm³/mol. The Balaban J connectivity index is 2.34. The maximum Gasteiger partial charge on any atom is 0.354 e. The molecule has 1 N–H and O–H groups in total. The summed E-state index contributed by atoms with van der Waals surface area (Å²) >= 11 is 0. The fourth-order valence-corrected chi connectivity index (χ4v) is 2.07. The van der Waals surface area contributed by atoms with Gasteiger partial charge in [0.1, 0.15) is 11.4 Å². The second-order valence-electron chi connectivity index (χ2n) is 5.45. The smallest absolute Gasteiger partial charge is 0.354 e. The van der Waals surface area contributed by atoms with Gasteiger partial charge in [0.15, 0.2) is 0 Å². The summed E-state index contributed by atoms with van der Waals surface area (Å²) in [6.45, 7) is 7.75. The Kier molecular flexibility index (Phi) is 4.31. The summed E-state index contributed by atoms with van der Waals surface area (Å²) in [7, 11) is 0. The van der Waals surface area contributed by atoms with Crippen LogP contribution >= 0.6 is 0 Å². The van der Waals surface area contributed by atoms with Crippen molar-refractivity contribution in [1.29, 1.82) is 0 Å². The number of ether oxygens (including phenoxy) is 1. The molecule has 0 saturated carbocycles. The first-order valence-corrected chi connectivity index (χ1v) is 6.98. The molecule has 1 aromatic heterocycles. The highest BCUT2D eigenvalue weighted by Crippen LogP contribution is 2.24. The van der Waals surface area contributed by atoms with Crippen LogP contribution in [0.25, 0.3) is 11.3 Å². The van der Waals surface area contributed by atoms with E-state index >= 15 is 0 Å². The maximum absolute atomic E-state index is 11.3. The van der Waals surface area contributed by atoms with E-state index in [0.29, 0.717) is 5.69 Å². The van der Waals surface area contributed by atoms with E-state index in [1.165, 1.54) is 4.68 Å². The molecule has 5 nitrogen and oxygen atoms in total. The summed E-state index contributed by atoms with van der Waals surface area (Å²) in [5.74, 6) is -0.183. The van der Waals surface area contributed by atoms with Gasteiger partial charge in [-0.2, -0.15) is 5.10 Å². The van der Waals surface area contributed by atoms with E-state index in [2.05, 4.69) is 5.10 Å². The molecule has 0 saturated heterocycles. The first-order chi connectivity index (χ1) is 9.88. The molecule has 0 fully saturated rings. The molecule has 2 aromatic rings. The highest BCUT2D eigenvalue weighted by Gasteiger charge is 2.17. The van der Waals surface area contributed by atoms with Crippen LogP contribution in [-0.4, -0.2) is 27.0 Å². The van der Waals surface area contributed by atoms with Crippen LogP contribution in [0.2, 0.25) is 0 Å².